The van der Waals surface area contributed by atoms with Crippen molar-refractivity contribution in [3.63, 3.8) is 0 Å². The molecule has 1 aromatic carbocycles. The zero-order valence-electron chi connectivity index (χ0n) is 18.5. The summed E-state index contributed by atoms with van der Waals surface area (Å²) in [5.74, 6) is 0.268. The third-order valence-electron chi connectivity index (χ3n) is 5.07. The number of para-hydroxylation sites is 1. The number of nitrogens with zero attached hydrogens (tertiary/aromatic N) is 4. The molecule has 0 aliphatic heterocycles. The summed E-state index contributed by atoms with van der Waals surface area (Å²) in [6.45, 7) is 6.86. The Labute approximate surface area is 191 Å². The highest BCUT2D eigenvalue weighted by Gasteiger charge is 2.16. The molecule has 0 spiro atoms. The summed E-state index contributed by atoms with van der Waals surface area (Å²) in [4.78, 5) is 18.7. The van der Waals surface area contributed by atoms with Gasteiger partial charge in [-0.25, -0.2) is 9.37 Å². The SMILES string of the molecule is CCN(CC)Cc1cc(Nc2cc(Nc3c(F)cccc3C(=O)NC)c(Cl)cn2)n(C)n1. The first-order valence-electron chi connectivity index (χ1n) is 10.3. The number of carbonyl (C=O) groups excluding carboxylic acids is 1. The molecule has 0 saturated heterocycles. The van der Waals surface area contributed by atoms with Crippen LogP contribution < -0.4 is 16.0 Å². The molecule has 0 atom stereocenters. The largest absolute Gasteiger partial charge is 0.355 e. The van der Waals surface area contributed by atoms with Crippen LogP contribution in [0.15, 0.2) is 36.5 Å². The molecule has 32 heavy (non-hydrogen) atoms. The fourth-order valence-corrected chi connectivity index (χ4v) is 3.39. The van der Waals surface area contributed by atoms with Gasteiger partial charge in [-0.15, -0.1) is 0 Å². The van der Waals surface area contributed by atoms with E-state index in [-0.39, 0.29) is 16.3 Å². The highest BCUT2D eigenvalue weighted by molar-refractivity contribution is 6.33. The molecule has 0 bridgehead atoms. The van der Waals surface area contributed by atoms with Gasteiger partial charge in [0.05, 0.1) is 33.9 Å². The van der Waals surface area contributed by atoms with Crippen molar-refractivity contribution in [1.29, 1.82) is 0 Å². The van der Waals surface area contributed by atoms with E-state index in [0.717, 1.165) is 31.1 Å². The van der Waals surface area contributed by atoms with Crippen LogP contribution in [0, 0.1) is 5.82 Å². The third kappa shape index (κ3) is 5.35. The van der Waals surface area contributed by atoms with Crippen LogP contribution in [0.3, 0.4) is 0 Å². The molecule has 0 fully saturated rings. The van der Waals surface area contributed by atoms with Gasteiger partial charge in [-0.3, -0.25) is 14.4 Å². The summed E-state index contributed by atoms with van der Waals surface area (Å²) in [6, 6.07) is 7.90. The molecule has 10 heteroatoms. The quantitative estimate of drug-likeness (QED) is 0.442. The molecular formula is C22H27ClFN7O. The standard InChI is InChI=1S/C22H27ClFN7O/c1-5-31(6-2)13-14-10-20(30(4)29-14)28-19-11-18(16(23)12-26-19)27-21-15(22(32)25-3)8-7-9-17(21)24/h7-12H,5-6,13H2,1-4H3,(H,25,32)(H2,26,27,28). The molecular weight excluding hydrogens is 433 g/mol. The molecule has 0 unspecified atom stereocenters. The highest BCUT2D eigenvalue weighted by Crippen LogP contribution is 2.31. The second-order valence-electron chi connectivity index (χ2n) is 7.15. The first-order valence-corrected chi connectivity index (χ1v) is 10.7. The fraction of sp³-hybridized carbons (Fsp3) is 0.318. The first kappa shape index (κ1) is 23.5. The van der Waals surface area contributed by atoms with E-state index in [2.05, 4.69) is 44.8 Å². The van der Waals surface area contributed by atoms with Crippen molar-refractivity contribution in [2.75, 3.05) is 30.8 Å². The van der Waals surface area contributed by atoms with Gasteiger partial charge in [-0.2, -0.15) is 5.10 Å². The zero-order valence-corrected chi connectivity index (χ0v) is 19.3. The maximum Gasteiger partial charge on any atom is 0.253 e. The number of hydrogen-bond acceptors (Lipinski definition) is 6. The number of nitrogens with one attached hydrogen (secondary N) is 3. The van der Waals surface area contributed by atoms with Crippen LogP contribution in [0.25, 0.3) is 0 Å². The third-order valence-corrected chi connectivity index (χ3v) is 5.37. The van der Waals surface area contributed by atoms with Crippen LogP contribution in [-0.4, -0.2) is 45.7 Å². The smallest absolute Gasteiger partial charge is 0.253 e. The number of rotatable bonds is 9. The van der Waals surface area contributed by atoms with E-state index in [1.165, 1.54) is 31.4 Å². The van der Waals surface area contributed by atoms with Gasteiger partial charge in [-0.1, -0.05) is 31.5 Å². The number of halogens is 2. The van der Waals surface area contributed by atoms with Crippen molar-refractivity contribution in [2.45, 2.75) is 20.4 Å². The normalized spacial score (nSPS) is 11.0. The van der Waals surface area contributed by atoms with E-state index in [1.807, 2.05) is 13.1 Å². The topological polar surface area (TPSA) is 87.1 Å². The van der Waals surface area contributed by atoms with Gasteiger partial charge >= 0.3 is 0 Å². The molecule has 0 saturated carbocycles. The molecule has 0 aliphatic carbocycles. The van der Waals surface area contributed by atoms with Crippen molar-refractivity contribution in [2.24, 2.45) is 7.05 Å². The summed E-state index contributed by atoms with van der Waals surface area (Å²) in [5.41, 5.74) is 1.55. The molecule has 2 aromatic heterocycles. The van der Waals surface area contributed by atoms with Gasteiger partial charge in [0.15, 0.2) is 0 Å². The Kier molecular flexibility index (Phi) is 7.66. The lowest BCUT2D eigenvalue weighted by molar-refractivity contribution is 0.0963. The highest BCUT2D eigenvalue weighted by atomic mass is 35.5. The average Bonchev–Trinajstić information content (AvgIpc) is 3.13. The molecule has 2 heterocycles. The molecule has 0 aliphatic rings. The fourth-order valence-electron chi connectivity index (χ4n) is 3.24. The number of aryl methyl sites for hydroxylation is 1. The maximum absolute atomic E-state index is 14.5. The van der Waals surface area contributed by atoms with Crippen molar-refractivity contribution >= 4 is 40.5 Å². The van der Waals surface area contributed by atoms with E-state index >= 15 is 0 Å². The summed E-state index contributed by atoms with van der Waals surface area (Å²) >= 11 is 6.29. The Morgan fingerprint density at radius 3 is 2.66 bits per heavy atom. The van der Waals surface area contributed by atoms with Gasteiger partial charge in [0.2, 0.25) is 0 Å². The lowest BCUT2D eigenvalue weighted by Crippen LogP contribution is -2.22. The van der Waals surface area contributed by atoms with Crippen LogP contribution in [0.2, 0.25) is 5.02 Å². The van der Waals surface area contributed by atoms with Crippen LogP contribution in [0.1, 0.15) is 29.9 Å². The van der Waals surface area contributed by atoms with Crippen LogP contribution in [0.4, 0.5) is 27.4 Å². The number of carbonyl (C=O) groups is 1. The van der Waals surface area contributed by atoms with Crippen LogP contribution >= 0.6 is 11.6 Å². The number of anilines is 4. The Bertz CT molecular complexity index is 1100. The molecule has 3 rings (SSSR count). The number of amides is 1. The first-order chi connectivity index (χ1) is 15.4. The minimum atomic E-state index is -0.568. The van der Waals surface area contributed by atoms with E-state index in [0.29, 0.717) is 11.5 Å². The minimum absolute atomic E-state index is 0.0351. The van der Waals surface area contributed by atoms with Crippen LogP contribution in [-0.2, 0) is 13.6 Å². The predicted octanol–water partition coefficient (Wildman–Crippen LogP) is 4.30. The van der Waals surface area contributed by atoms with Gasteiger partial charge in [0.25, 0.3) is 5.91 Å². The summed E-state index contributed by atoms with van der Waals surface area (Å²) < 4.78 is 16.2. The van der Waals surface area contributed by atoms with Crippen molar-refractivity contribution in [3.05, 3.63) is 58.6 Å². The number of aromatic nitrogens is 3. The van der Waals surface area contributed by atoms with Crippen molar-refractivity contribution < 1.29 is 9.18 Å². The predicted molar refractivity (Wildman–Crippen MR) is 125 cm³/mol. The molecule has 1 amide bonds. The van der Waals surface area contributed by atoms with Gasteiger partial charge in [0, 0.05) is 32.8 Å². The number of benzene rings is 1. The lowest BCUT2D eigenvalue weighted by Gasteiger charge is -2.15. The van der Waals surface area contributed by atoms with E-state index in [4.69, 9.17) is 11.6 Å². The molecule has 170 valence electrons. The molecule has 8 nitrogen and oxygen atoms in total. The van der Waals surface area contributed by atoms with E-state index in [9.17, 15) is 9.18 Å². The second-order valence-corrected chi connectivity index (χ2v) is 7.55. The maximum atomic E-state index is 14.5. The van der Waals surface area contributed by atoms with Gasteiger partial charge in [-0.05, 0) is 25.2 Å². The lowest BCUT2D eigenvalue weighted by atomic mass is 10.1. The van der Waals surface area contributed by atoms with Gasteiger partial charge in [0.1, 0.15) is 17.5 Å². The van der Waals surface area contributed by atoms with E-state index in [1.54, 1.807) is 10.7 Å². The monoisotopic (exact) mass is 459 g/mol. The Balaban J connectivity index is 1.85. The van der Waals surface area contributed by atoms with Crippen molar-refractivity contribution in [3.8, 4) is 0 Å². The summed E-state index contributed by atoms with van der Waals surface area (Å²) in [7, 11) is 3.33. The molecule has 0 radical (unpaired) electrons. The Morgan fingerprint density at radius 1 is 1.22 bits per heavy atom. The Hall–Kier alpha value is -3.17. The molecule has 3 N–H and O–H groups in total. The summed E-state index contributed by atoms with van der Waals surface area (Å²) in [6.07, 6.45) is 1.46. The average molecular weight is 460 g/mol. The second kappa shape index (κ2) is 10.4. The zero-order chi connectivity index (χ0) is 23.3. The molecule has 3 aromatic rings. The van der Waals surface area contributed by atoms with Crippen LogP contribution in [0.5, 0.6) is 0 Å². The number of hydrogen-bond donors (Lipinski definition) is 3. The van der Waals surface area contributed by atoms with Gasteiger partial charge < -0.3 is 16.0 Å². The van der Waals surface area contributed by atoms with E-state index < -0.39 is 11.7 Å². The summed E-state index contributed by atoms with van der Waals surface area (Å²) in [5, 5.41) is 13.5. The number of pyridine rings is 1. The van der Waals surface area contributed by atoms with Crippen molar-refractivity contribution in [1.82, 2.24) is 25.0 Å². The Morgan fingerprint density at radius 2 is 1.97 bits per heavy atom. The minimum Gasteiger partial charge on any atom is -0.355 e.